The van der Waals surface area contributed by atoms with Gasteiger partial charge in [-0.05, 0) is 61.9 Å². The van der Waals surface area contributed by atoms with E-state index in [1.54, 1.807) is 19.1 Å². The number of rotatable bonds is 9. The van der Waals surface area contributed by atoms with Crippen LogP contribution in [0.4, 0.5) is 10.1 Å². The number of fused-ring (bicyclic) bond motifs is 4. The van der Waals surface area contributed by atoms with Gasteiger partial charge in [-0.2, -0.15) is 0 Å². The minimum Gasteiger partial charge on any atom is -0.508 e. The SMILES string of the molecule is CC12C(=O)N(c3ccc(F)c(Cl)c3)C(=O)C1CC1C(=CCC3C(=O)N(CCCC(=O)O)C(=O)C31)C2c1ccc(OCc2ccccc2)cc1O. The molecule has 1 saturated carbocycles. The summed E-state index contributed by atoms with van der Waals surface area (Å²) in [5.74, 6) is -7.47. The smallest absolute Gasteiger partial charge is 0.303 e. The lowest BCUT2D eigenvalue weighted by Gasteiger charge is -2.49. The zero-order valence-electron chi connectivity index (χ0n) is 27.1. The van der Waals surface area contributed by atoms with Crippen molar-refractivity contribution in [3.63, 3.8) is 0 Å². The molecule has 6 unspecified atom stereocenters. The van der Waals surface area contributed by atoms with Gasteiger partial charge >= 0.3 is 5.97 Å². The molecule has 0 radical (unpaired) electrons. The zero-order chi connectivity index (χ0) is 35.5. The van der Waals surface area contributed by atoms with Crippen molar-refractivity contribution in [1.82, 2.24) is 4.90 Å². The number of imide groups is 2. The van der Waals surface area contributed by atoms with Gasteiger partial charge in [0.05, 0.1) is 33.9 Å². The Balaban J connectivity index is 1.29. The number of halogens is 2. The first-order chi connectivity index (χ1) is 23.9. The molecule has 2 aliphatic heterocycles. The Kier molecular flexibility index (Phi) is 8.50. The molecule has 3 aromatic carbocycles. The molecule has 4 amide bonds. The fourth-order valence-electron chi connectivity index (χ4n) is 8.50. The second-order valence-electron chi connectivity index (χ2n) is 13.6. The number of phenols is 1. The van der Waals surface area contributed by atoms with Gasteiger partial charge in [0.25, 0.3) is 0 Å². The van der Waals surface area contributed by atoms with Crippen LogP contribution in [0.15, 0.2) is 78.4 Å². The molecule has 0 aromatic heterocycles. The second kappa shape index (κ2) is 12.7. The molecule has 3 fully saturated rings. The van der Waals surface area contributed by atoms with Crippen molar-refractivity contribution in [2.24, 2.45) is 29.1 Å². The third-order valence-corrected chi connectivity index (χ3v) is 11.2. The van der Waals surface area contributed by atoms with Crippen LogP contribution in [0.2, 0.25) is 5.02 Å². The predicted octanol–water partition coefficient (Wildman–Crippen LogP) is 5.86. The number of carboxylic acids is 1. The first kappa shape index (κ1) is 33.5. The van der Waals surface area contributed by atoms with Crippen LogP contribution in [0.1, 0.15) is 49.7 Å². The van der Waals surface area contributed by atoms with Gasteiger partial charge in [0.2, 0.25) is 23.6 Å². The number of aliphatic carboxylic acids is 1. The second-order valence-corrected chi connectivity index (χ2v) is 14.0. The number of aromatic hydroxyl groups is 1. The number of hydrogen-bond donors (Lipinski definition) is 2. The minimum absolute atomic E-state index is 0.0364. The maximum Gasteiger partial charge on any atom is 0.303 e. The fourth-order valence-corrected chi connectivity index (χ4v) is 8.68. The molecule has 0 bridgehead atoms. The van der Waals surface area contributed by atoms with Gasteiger partial charge in [0.15, 0.2) is 0 Å². The van der Waals surface area contributed by atoms with Crippen LogP contribution < -0.4 is 9.64 Å². The summed E-state index contributed by atoms with van der Waals surface area (Å²) in [4.78, 5) is 69.6. The lowest BCUT2D eigenvalue weighted by Crippen LogP contribution is -2.48. The highest BCUT2D eigenvalue weighted by Crippen LogP contribution is 2.64. The standard InChI is InChI=1S/C38H34ClFN2O8/c1-38-27(35(47)42(37(38)49)21-9-14-29(40)28(39)16-21)18-26-23(12-13-25-32(26)36(48)41(34(25)46)15-5-8-31(44)45)33(38)24-11-10-22(17-30(24)43)50-19-20-6-3-2-4-7-20/h2-4,6-7,9-12,14,16-17,25-27,32-33,43H,5,8,13,15,18-19H2,1H3,(H,44,45). The predicted molar refractivity (Wildman–Crippen MR) is 178 cm³/mol. The Bertz CT molecular complexity index is 1970. The molecular weight excluding hydrogens is 667 g/mol. The van der Waals surface area contributed by atoms with Crippen molar-refractivity contribution in [2.75, 3.05) is 11.4 Å². The van der Waals surface area contributed by atoms with Crippen LogP contribution in [0, 0.1) is 34.9 Å². The fraction of sp³-hybridized carbons (Fsp3) is 0.342. The van der Waals surface area contributed by atoms with Crippen LogP contribution in [-0.2, 0) is 30.6 Å². The summed E-state index contributed by atoms with van der Waals surface area (Å²) in [6.07, 6.45) is 2.04. The molecule has 2 heterocycles. The van der Waals surface area contributed by atoms with Crippen LogP contribution in [0.3, 0.4) is 0 Å². The quantitative estimate of drug-likeness (QED) is 0.209. The largest absolute Gasteiger partial charge is 0.508 e. The van der Waals surface area contributed by atoms with E-state index >= 15 is 0 Å². The number of likely N-dealkylation sites (tertiary alicyclic amines) is 1. The number of phenolic OH excluding ortho intramolecular Hbond substituents is 1. The van der Waals surface area contributed by atoms with Crippen molar-refractivity contribution in [3.05, 3.63) is 100 Å². The summed E-state index contributed by atoms with van der Waals surface area (Å²) in [5, 5.41) is 20.4. The molecule has 2 N–H and O–H groups in total. The van der Waals surface area contributed by atoms with E-state index in [-0.39, 0.29) is 61.2 Å². The molecular formula is C38H34ClFN2O8. The number of benzene rings is 3. The Labute approximate surface area is 292 Å². The summed E-state index contributed by atoms with van der Waals surface area (Å²) in [5.41, 5.74) is 0.610. The zero-order valence-corrected chi connectivity index (χ0v) is 27.8. The van der Waals surface area contributed by atoms with E-state index in [2.05, 4.69) is 0 Å². The van der Waals surface area contributed by atoms with E-state index in [1.165, 1.54) is 18.2 Å². The lowest BCUT2D eigenvalue weighted by atomic mass is 9.51. The number of nitrogens with zero attached hydrogens (tertiary/aromatic N) is 2. The van der Waals surface area contributed by atoms with Gasteiger partial charge in [-0.3, -0.25) is 28.9 Å². The third-order valence-electron chi connectivity index (χ3n) is 10.9. The average Bonchev–Trinajstić information content (AvgIpc) is 3.45. The first-order valence-corrected chi connectivity index (χ1v) is 16.9. The Hall–Kier alpha value is -5.03. The van der Waals surface area contributed by atoms with Crippen LogP contribution >= 0.6 is 11.6 Å². The third kappa shape index (κ3) is 5.35. The highest BCUT2D eigenvalue weighted by atomic mass is 35.5. The molecule has 6 atom stereocenters. The van der Waals surface area contributed by atoms with Crippen LogP contribution in [0.25, 0.3) is 0 Å². The molecule has 258 valence electrons. The van der Waals surface area contributed by atoms with Gasteiger partial charge in [-0.25, -0.2) is 9.29 Å². The van der Waals surface area contributed by atoms with Gasteiger partial charge < -0.3 is 14.9 Å². The topological polar surface area (TPSA) is 142 Å². The first-order valence-electron chi connectivity index (χ1n) is 16.5. The van der Waals surface area contributed by atoms with E-state index in [4.69, 9.17) is 21.4 Å². The molecule has 50 heavy (non-hydrogen) atoms. The van der Waals surface area contributed by atoms with Gasteiger partial charge in [-0.1, -0.05) is 59.6 Å². The monoisotopic (exact) mass is 700 g/mol. The van der Waals surface area contributed by atoms with Crippen molar-refractivity contribution in [3.8, 4) is 11.5 Å². The van der Waals surface area contributed by atoms with E-state index in [9.17, 15) is 33.5 Å². The van der Waals surface area contributed by atoms with Crippen LogP contribution in [0.5, 0.6) is 11.5 Å². The molecule has 4 aliphatic rings. The number of carbonyl (C=O) groups excluding carboxylic acids is 4. The maximum absolute atomic E-state index is 14.6. The van der Waals surface area contributed by atoms with E-state index in [0.717, 1.165) is 21.4 Å². The number of ether oxygens (including phenoxy) is 1. The summed E-state index contributed by atoms with van der Waals surface area (Å²) in [6.45, 7) is 1.89. The van der Waals surface area contributed by atoms with Crippen molar-refractivity contribution in [1.29, 1.82) is 0 Å². The van der Waals surface area contributed by atoms with E-state index in [1.807, 2.05) is 36.4 Å². The minimum atomic E-state index is -1.44. The number of allylic oxidation sites excluding steroid dienone is 2. The average molecular weight is 701 g/mol. The molecule has 12 heteroatoms. The number of hydrogen-bond acceptors (Lipinski definition) is 7. The van der Waals surface area contributed by atoms with Gasteiger partial charge in [0, 0.05) is 30.5 Å². The number of carboxylic acid groups (broad SMARTS) is 1. The van der Waals surface area contributed by atoms with Crippen LogP contribution in [-0.4, -0.2) is 51.3 Å². The number of anilines is 1. The number of carbonyl (C=O) groups is 5. The Morgan fingerprint density at radius 2 is 1.76 bits per heavy atom. The summed E-state index contributed by atoms with van der Waals surface area (Å²) in [6, 6.07) is 17.9. The number of amides is 4. The maximum atomic E-state index is 14.6. The molecule has 0 spiro atoms. The summed E-state index contributed by atoms with van der Waals surface area (Å²) in [7, 11) is 0. The lowest BCUT2D eigenvalue weighted by molar-refractivity contribution is -0.142. The van der Waals surface area contributed by atoms with Crippen molar-refractivity contribution >= 4 is 46.9 Å². The normalized spacial score (nSPS) is 27.2. The highest BCUT2D eigenvalue weighted by molar-refractivity contribution is 6.31. The Morgan fingerprint density at radius 1 is 1.00 bits per heavy atom. The molecule has 3 aromatic rings. The molecule has 2 aliphatic carbocycles. The molecule has 10 nitrogen and oxygen atoms in total. The molecule has 7 rings (SSSR count). The Morgan fingerprint density at radius 3 is 2.46 bits per heavy atom. The van der Waals surface area contributed by atoms with Crippen molar-refractivity contribution in [2.45, 2.75) is 45.1 Å². The molecule has 2 saturated heterocycles. The van der Waals surface area contributed by atoms with Crippen molar-refractivity contribution < 1.29 is 43.3 Å². The van der Waals surface area contributed by atoms with Gasteiger partial charge in [0.1, 0.15) is 23.9 Å². The van der Waals surface area contributed by atoms with E-state index < -0.39 is 64.5 Å². The van der Waals surface area contributed by atoms with Gasteiger partial charge in [-0.15, -0.1) is 0 Å². The summed E-state index contributed by atoms with van der Waals surface area (Å²) >= 11 is 6.07. The van der Waals surface area contributed by atoms with E-state index in [0.29, 0.717) is 16.9 Å². The highest BCUT2D eigenvalue weighted by Gasteiger charge is 2.67. The summed E-state index contributed by atoms with van der Waals surface area (Å²) < 4.78 is 20.1.